The number of hydrogen-bond acceptors (Lipinski definition) is 4. The molecule has 1 aliphatic carbocycles. The number of ether oxygens (including phenoxy) is 1. The largest absolute Gasteiger partial charge is 0.444 e. The Morgan fingerprint density at radius 1 is 1.56 bits per heavy atom. The lowest BCUT2D eigenvalue weighted by Crippen LogP contribution is -2.53. The summed E-state index contributed by atoms with van der Waals surface area (Å²) >= 11 is 0. The fourth-order valence-corrected chi connectivity index (χ4v) is 2.56. The summed E-state index contributed by atoms with van der Waals surface area (Å²) in [6, 6.07) is 0.0369. The first-order valence-corrected chi connectivity index (χ1v) is 5.70. The highest BCUT2D eigenvalue weighted by molar-refractivity contribution is 5.69. The number of nitrogens with two attached hydrogens (primary N) is 1. The Morgan fingerprint density at radius 3 is 2.56 bits per heavy atom. The fourth-order valence-electron chi connectivity index (χ4n) is 2.56. The van der Waals surface area contributed by atoms with Crippen LogP contribution in [0, 0.1) is 5.92 Å². The van der Waals surface area contributed by atoms with Gasteiger partial charge in [-0.25, -0.2) is 4.79 Å². The highest BCUT2D eigenvalue weighted by atomic mass is 16.6. The first-order valence-electron chi connectivity index (χ1n) is 5.70. The third-order valence-electron chi connectivity index (χ3n) is 3.31. The maximum atomic E-state index is 11.8. The zero-order valence-corrected chi connectivity index (χ0v) is 10.1. The summed E-state index contributed by atoms with van der Waals surface area (Å²) in [4.78, 5) is 13.5. The second-order valence-electron chi connectivity index (χ2n) is 5.91. The molecule has 1 heterocycles. The minimum absolute atomic E-state index is 0.00924. The molecule has 0 aromatic carbocycles. The molecule has 1 saturated heterocycles. The Bertz CT molecular complexity index is 309. The lowest BCUT2D eigenvalue weighted by atomic mass is 10.00. The molecule has 1 saturated carbocycles. The van der Waals surface area contributed by atoms with Crippen LogP contribution in [0.25, 0.3) is 0 Å². The molecule has 0 aromatic heterocycles. The molecule has 2 fully saturated rings. The van der Waals surface area contributed by atoms with Crippen molar-refractivity contribution in [1.82, 2.24) is 4.90 Å². The zero-order chi connectivity index (χ0) is 12.1. The van der Waals surface area contributed by atoms with Crippen LogP contribution in [0.1, 0.15) is 33.6 Å². The monoisotopic (exact) mass is 228 g/mol. The van der Waals surface area contributed by atoms with Gasteiger partial charge in [-0.05, 0) is 27.2 Å². The van der Waals surface area contributed by atoms with Crippen LogP contribution in [0.2, 0.25) is 0 Å². The van der Waals surface area contributed by atoms with Gasteiger partial charge in [0.25, 0.3) is 0 Å². The lowest BCUT2D eigenvalue weighted by molar-refractivity contribution is -0.0354. The number of carbonyl (C=O) groups is 1. The normalized spacial score (nSPS) is 37.9. The first-order chi connectivity index (χ1) is 7.19. The van der Waals surface area contributed by atoms with E-state index in [4.69, 9.17) is 10.5 Å². The molecule has 5 heteroatoms. The van der Waals surface area contributed by atoms with Crippen molar-refractivity contribution in [2.75, 3.05) is 6.54 Å². The maximum Gasteiger partial charge on any atom is 0.410 e. The lowest BCUT2D eigenvalue weighted by Gasteiger charge is -2.35. The number of piperidine rings is 1. The highest BCUT2D eigenvalue weighted by Gasteiger charge is 2.53. The van der Waals surface area contributed by atoms with Crippen LogP contribution < -0.4 is 5.73 Å². The minimum atomic E-state index is -1.09. The molecular formula is C11H20N2O3. The van der Waals surface area contributed by atoms with Crippen molar-refractivity contribution in [1.29, 1.82) is 0 Å². The number of nitrogens with zero attached hydrogens (tertiary/aromatic N) is 1. The molecule has 0 radical (unpaired) electrons. The van der Waals surface area contributed by atoms with Gasteiger partial charge in [0.15, 0.2) is 0 Å². The standard InChI is InChI=1S/C11H20N2O3/c1-10(2,3)16-9(14)13-6-7-4-8(13)5-11(7,12)15/h7-8,15H,4-6,12H2,1-3H3/t7?,8?,11-/m1/s1. The second-order valence-corrected chi connectivity index (χ2v) is 5.91. The zero-order valence-electron chi connectivity index (χ0n) is 10.1. The number of fused-ring (bicyclic) bond motifs is 2. The molecule has 0 aromatic rings. The van der Waals surface area contributed by atoms with E-state index in [1.54, 1.807) is 4.90 Å². The molecule has 1 aliphatic heterocycles. The minimum Gasteiger partial charge on any atom is -0.444 e. The third kappa shape index (κ3) is 2.01. The summed E-state index contributed by atoms with van der Waals surface area (Å²) < 4.78 is 5.31. The summed E-state index contributed by atoms with van der Waals surface area (Å²) in [5.41, 5.74) is 4.16. The molecular weight excluding hydrogens is 208 g/mol. The molecule has 0 spiro atoms. The van der Waals surface area contributed by atoms with E-state index >= 15 is 0 Å². The van der Waals surface area contributed by atoms with E-state index in [0.29, 0.717) is 13.0 Å². The number of hydrogen-bond donors (Lipinski definition) is 2. The van der Waals surface area contributed by atoms with Gasteiger partial charge >= 0.3 is 6.09 Å². The van der Waals surface area contributed by atoms with Gasteiger partial charge < -0.3 is 20.5 Å². The fraction of sp³-hybridized carbons (Fsp3) is 0.909. The third-order valence-corrected chi connectivity index (χ3v) is 3.31. The van der Waals surface area contributed by atoms with Gasteiger partial charge in [-0.2, -0.15) is 0 Å². The Labute approximate surface area is 95.5 Å². The van der Waals surface area contributed by atoms with Gasteiger partial charge in [0.1, 0.15) is 11.3 Å². The predicted molar refractivity (Wildman–Crippen MR) is 58.6 cm³/mol. The molecule has 1 amide bonds. The van der Waals surface area contributed by atoms with Gasteiger partial charge in [0.05, 0.1) is 0 Å². The molecule has 16 heavy (non-hydrogen) atoms. The van der Waals surface area contributed by atoms with E-state index in [1.165, 1.54) is 0 Å². The second kappa shape index (κ2) is 3.34. The number of aliphatic hydroxyl groups is 1. The SMILES string of the molecule is CC(C)(C)OC(=O)N1CC2CC1C[C@@]2(N)O. The van der Waals surface area contributed by atoms with Gasteiger partial charge in [-0.1, -0.05) is 0 Å². The first kappa shape index (κ1) is 11.7. The van der Waals surface area contributed by atoms with E-state index in [-0.39, 0.29) is 18.1 Å². The molecule has 2 bridgehead atoms. The average Bonchev–Trinajstić information content (AvgIpc) is 2.54. The Morgan fingerprint density at radius 2 is 2.19 bits per heavy atom. The number of amides is 1. The molecule has 92 valence electrons. The van der Waals surface area contributed by atoms with Crippen molar-refractivity contribution in [2.24, 2.45) is 11.7 Å². The Hall–Kier alpha value is -0.810. The highest BCUT2D eigenvalue weighted by Crippen LogP contribution is 2.42. The van der Waals surface area contributed by atoms with Crippen molar-refractivity contribution in [3.8, 4) is 0 Å². The van der Waals surface area contributed by atoms with Crippen LogP contribution in [0.4, 0.5) is 4.79 Å². The molecule has 5 nitrogen and oxygen atoms in total. The summed E-state index contributed by atoms with van der Waals surface area (Å²) in [6.07, 6.45) is 0.943. The molecule has 3 N–H and O–H groups in total. The summed E-state index contributed by atoms with van der Waals surface area (Å²) in [5.74, 6) is -0.00924. The van der Waals surface area contributed by atoms with E-state index in [1.807, 2.05) is 20.8 Å². The summed E-state index contributed by atoms with van der Waals surface area (Å²) in [6.45, 7) is 6.04. The van der Waals surface area contributed by atoms with Gasteiger partial charge in [-0.15, -0.1) is 0 Å². The van der Waals surface area contributed by atoms with Crippen LogP contribution in [-0.2, 0) is 4.74 Å². The van der Waals surface area contributed by atoms with E-state index < -0.39 is 11.3 Å². The van der Waals surface area contributed by atoms with Crippen molar-refractivity contribution in [2.45, 2.75) is 51.0 Å². The average molecular weight is 228 g/mol. The smallest absolute Gasteiger partial charge is 0.410 e. The molecule has 2 rings (SSSR count). The van der Waals surface area contributed by atoms with Crippen molar-refractivity contribution in [3.05, 3.63) is 0 Å². The number of likely N-dealkylation sites (tertiary alicyclic amines) is 1. The van der Waals surface area contributed by atoms with E-state index in [2.05, 4.69) is 0 Å². The van der Waals surface area contributed by atoms with Crippen LogP contribution in [0.15, 0.2) is 0 Å². The number of rotatable bonds is 0. The predicted octanol–water partition coefficient (Wildman–Crippen LogP) is 0.663. The summed E-state index contributed by atoms with van der Waals surface area (Å²) in [7, 11) is 0. The van der Waals surface area contributed by atoms with Crippen LogP contribution in [-0.4, -0.2) is 40.0 Å². The molecule has 3 atom stereocenters. The topological polar surface area (TPSA) is 75.8 Å². The van der Waals surface area contributed by atoms with Crippen molar-refractivity contribution in [3.63, 3.8) is 0 Å². The van der Waals surface area contributed by atoms with E-state index in [0.717, 1.165) is 6.42 Å². The Balaban J connectivity index is 1.98. The quantitative estimate of drug-likeness (QED) is 0.597. The van der Waals surface area contributed by atoms with Crippen LogP contribution in [0.5, 0.6) is 0 Å². The van der Waals surface area contributed by atoms with Crippen molar-refractivity contribution < 1.29 is 14.6 Å². The number of carbonyl (C=O) groups excluding carboxylic acids is 1. The van der Waals surface area contributed by atoms with Gasteiger partial charge in [0, 0.05) is 24.9 Å². The van der Waals surface area contributed by atoms with Crippen LogP contribution in [0.3, 0.4) is 0 Å². The Kier molecular flexibility index (Phi) is 2.44. The molecule has 2 unspecified atom stereocenters. The van der Waals surface area contributed by atoms with Crippen molar-refractivity contribution >= 4 is 6.09 Å². The van der Waals surface area contributed by atoms with Gasteiger partial charge in [0.2, 0.25) is 0 Å². The molecule has 2 aliphatic rings. The van der Waals surface area contributed by atoms with Crippen LogP contribution >= 0.6 is 0 Å². The summed E-state index contributed by atoms with van der Waals surface area (Å²) in [5, 5.41) is 9.82. The van der Waals surface area contributed by atoms with Gasteiger partial charge in [-0.3, -0.25) is 0 Å². The van der Waals surface area contributed by atoms with E-state index in [9.17, 15) is 9.90 Å². The maximum absolute atomic E-state index is 11.8.